The highest BCUT2D eigenvalue weighted by Gasteiger charge is 2.21. The Balaban J connectivity index is 0.00000132. The Labute approximate surface area is 186 Å². The van der Waals surface area contributed by atoms with Gasteiger partial charge in [0.05, 0.1) is 17.1 Å². The molecular weight excluding hydrogens is 380 g/mol. The largest absolute Gasteiger partial charge is 0.298 e. The van der Waals surface area contributed by atoms with Gasteiger partial charge in [0.15, 0.2) is 0 Å². The summed E-state index contributed by atoms with van der Waals surface area (Å²) in [5, 5.41) is 0. The third-order valence-electron chi connectivity index (χ3n) is 5.12. The Morgan fingerprint density at radius 1 is 0.935 bits per heavy atom. The van der Waals surface area contributed by atoms with Crippen molar-refractivity contribution in [3.8, 4) is 22.6 Å². The molecule has 0 aliphatic carbocycles. The molecule has 0 N–H and O–H groups in total. The second-order valence-corrected chi connectivity index (χ2v) is 8.70. The molecule has 3 heterocycles. The predicted octanol–water partition coefficient (Wildman–Crippen LogP) is 7.04. The SMILES string of the molecule is CC.CCCc1ccn2c(-c3ccnc(C(C)(C)C)n3)c(-c3ccc(C)cc3)nc2c1. The van der Waals surface area contributed by atoms with Crippen LogP contribution in [0.25, 0.3) is 28.3 Å². The number of hydrogen-bond donors (Lipinski definition) is 0. The summed E-state index contributed by atoms with van der Waals surface area (Å²) in [6.07, 6.45) is 6.15. The van der Waals surface area contributed by atoms with E-state index in [2.05, 4.69) is 86.6 Å². The molecule has 4 nitrogen and oxygen atoms in total. The molecular formula is C27H34N4. The Hall–Kier alpha value is -3.01. The highest BCUT2D eigenvalue weighted by atomic mass is 15.0. The fraction of sp³-hybridized carbons (Fsp3) is 0.370. The zero-order valence-corrected chi connectivity index (χ0v) is 19.9. The van der Waals surface area contributed by atoms with Gasteiger partial charge in [-0.05, 0) is 37.1 Å². The van der Waals surface area contributed by atoms with Crippen LogP contribution in [0.3, 0.4) is 0 Å². The molecule has 0 bridgehead atoms. The molecule has 0 fully saturated rings. The monoisotopic (exact) mass is 414 g/mol. The van der Waals surface area contributed by atoms with E-state index in [1.807, 2.05) is 26.1 Å². The van der Waals surface area contributed by atoms with E-state index in [-0.39, 0.29) is 5.41 Å². The smallest absolute Gasteiger partial charge is 0.138 e. The summed E-state index contributed by atoms with van der Waals surface area (Å²) in [5.74, 6) is 0.836. The van der Waals surface area contributed by atoms with Crippen molar-refractivity contribution in [2.24, 2.45) is 0 Å². The van der Waals surface area contributed by atoms with Crippen LogP contribution in [-0.4, -0.2) is 19.4 Å². The fourth-order valence-corrected chi connectivity index (χ4v) is 3.54. The van der Waals surface area contributed by atoms with Crippen LogP contribution in [0.15, 0.2) is 54.9 Å². The Kier molecular flexibility index (Phi) is 6.89. The van der Waals surface area contributed by atoms with E-state index in [0.717, 1.165) is 47.0 Å². The Bertz CT molecular complexity index is 1150. The number of aryl methyl sites for hydroxylation is 2. The van der Waals surface area contributed by atoms with Gasteiger partial charge in [-0.15, -0.1) is 0 Å². The summed E-state index contributed by atoms with van der Waals surface area (Å²) in [5.41, 5.74) is 7.36. The number of aromatic nitrogens is 4. The molecule has 31 heavy (non-hydrogen) atoms. The summed E-state index contributed by atoms with van der Waals surface area (Å²) in [6, 6.07) is 14.9. The van der Waals surface area contributed by atoms with Crippen LogP contribution in [-0.2, 0) is 11.8 Å². The van der Waals surface area contributed by atoms with E-state index in [4.69, 9.17) is 9.97 Å². The lowest BCUT2D eigenvalue weighted by atomic mass is 9.95. The van der Waals surface area contributed by atoms with Crippen LogP contribution in [0.2, 0.25) is 0 Å². The summed E-state index contributed by atoms with van der Waals surface area (Å²) in [4.78, 5) is 14.5. The Morgan fingerprint density at radius 3 is 2.29 bits per heavy atom. The molecule has 0 saturated carbocycles. The topological polar surface area (TPSA) is 43.1 Å². The Morgan fingerprint density at radius 2 is 1.65 bits per heavy atom. The second kappa shape index (κ2) is 9.42. The molecule has 4 heteroatoms. The summed E-state index contributed by atoms with van der Waals surface area (Å²) in [6.45, 7) is 14.7. The first kappa shape index (κ1) is 22.7. The maximum Gasteiger partial charge on any atom is 0.138 e. The van der Waals surface area contributed by atoms with Crippen molar-refractivity contribution in [2.75, 3.05) is 0 Å². The van der Waals surface area contributed by atoms with Gasteiger partial charge in [0.2, 0.25) is 0 Å². The van der Waals surface area contributed by atoms with E-state index in [9.17, 15) is 0 Å². The normalized spacial score (nSPS) is 11.3. The standard InChI is InChI=1S/C25H28N4.C2H6/c1-6-7-18-13-15-29-21(16-18)28-22(19-10-8-17(2)9-11-19)23(29)20-12-14-26-24(27-20)25(3,4)5;1-2/h8-16H,6-7H2,1-5H3;1-2H3. The lowest BCUT2D eigenvalue weighted by molar-refractivity contribution is 0.546. The van der Waals surface area contributed by atoms with Crippen molar-refractivity contribution in [2.45, 2.75) is 66.7 Å². The van der Waals surface area contributed by atoms with Gasteiger partial charge in [0, 0.05) is 23.4 Å². The third-order valence-corrected chi connectivity index (χ3v) is 5.12. The zero-order chi connectivity index (χ0) is 22.6. The fourth-order valence-electron chi connectivity index (χ4n) is 3.54. The van der Waals surface area contributed by atoms with Crippen LogP contribution in [0.1, 0.15) is 64.9 Å². The van der Waals surface area contributed by atoms with E-state index in [0.29, 0.717) is 0 Å². The lowest BCUT2D eigenvalue weighted by Crippen LogP contribution is -2.16. The van der Waals surface area contributed by atoms with E-state index in [1.54, 1.807) is 0 Å². The molecule has 162 valence electrons. The molecule has 1 aromatic carbocycles. The van der Waals surface area contributed by atoms with Gasteiger partial charge in [-0.2, -0.15) is 0 Å². The van der Waals surface area contributed by atoms with Crippen LogP contribution in [0.4, 0.5) is 0 Å². The number of pyridine rings is 1. The van der Waals surface area contributed by atoms with Crippen LogP contribution in [0, 0.1) is 6.92 Å². The molecule has 4 aromatic rings. The van der Waals surface area contributed by atoms with Gasteiger partial charge in [-0.1, -0.05) is 77.8 Å². The number of imidazole rings is 1. The average Bonchev–Trinajstić information content (AvgIpc) is 3.14. The van der Waals surface area contributed by atoms with Gasteiger partial charge in [0.1, 0.15) is 11.5 Å². The van der Waals surface area contributed by atoms with Gasteiger partial charge in [-0.3, -0.25) is 4.40 Å². The first-order valence-electron chi connectivity index (χ1n) is 11.3. The van der Waals surface area contributed by atoms with Gasteiger partial charge >= 0.3 is 0 Å². The summed E-state index contributed by atoms with van der Waals surface area (Å²) >= 11 is 0. The third kappa shape index (κ3) is 4.84. The number of rotatable bonds is 4. The van der Waals surface area contributed by atoms with Gasteiger partial charge in [0.25, 0.3) is 0 Å². The maximum atomic E-state index is 5.03. The van der Waals surface area contributed by atoms with Crippen molar-refractivity contribution >= 4 is 5.65 Å². The summed E-state index contributed by atoms with van der Waals surface area (Å²) in [7, 11) is 0. The maximum absolute atomic E-state index is 5.03. The van der Waals surface area contributed by atoms with Crippen LogP contribution < -0.4 is 0 Å². The van der Waals surface area contributed by atoms with Crippen molar-refractivity contribution in [1.82, 2.24) is 19.4 Å². The summed E-state index contributed by atoms with van der Waals surface area (Å²) < 4.78 is 2.16. The van der Waals surface area contributed by atoms with Crippen molar-refractivity contribution in [3.05, 3.63) is 71.8 Å². The highest BCUT2D eigenvalue weighted by Crippen LogP contribution is 2.33. The zero-order valence-electron chi connectivity index (χ0n) is 19.9. The molecule has 0 aliphatic heterocycles. The molecule has 0 amide bonds. The van der Waals surface area contributed by atoms with Crippen molar-refractivity contribution in [3.63, 3.8) is 0 Å². The molecule has 0 radical (unpaired) electrons. The number of hydrogen-bond acceptors (Lipinski definition) is 3. The molecule has 4 rings (SSSR count). The quantitative estimate of drug-likeness (QED) is 0.359. The lowest BCUT2D eigenvalue weighted by Gasteiger charge is -2.17. The average molecular weight is 415 g/mol. The van der Waals surface area contributed by atoms with Gasteiger partial charge in [-0.25, -0.2) is 15.0 Å². The van der Waals surface area contributed by atoms with Crippen molar-refractivity contribution in [1.29, 1.82) is 0 Å². The van der Waals surface area contributed by atoms with Gasteiger partial charge < -0.3 is 0 Å². The number of nitrogens with zero attached hydrogens (tertiary/aromatic N) is 4. The minimum absolute atomic E-state index is 0.116. The van der Waals surface area contributed by atoms with E-state index < -0.39 is 0 Å². The first-order chi connectivity index (χ1) is 14.9. The molecule has 0 unspecified atom stereocenters. The molecule has 0 atom stereocenters. The number of benzene rings is 1. The predicted molar refractivity (Wildman–Crippen MR) is 130 cm³/mol. The van der Waals surface area contributed by atoms with E-state index >= 15 is 0 Å². The first-order valence-corrected chi connectivity index (χ1v) is 11.3. The van der Waals surface area contributed by atoms with Crippen LogP contribution in [0.5, 0.6) is 0 Å². The van der Waals surface area contributed by atoms with Crippen LogP contribution >= 0.6 is 0 Å². The van der Waals surface area contributed by atoms with E-state index in [1.165, 1.54) is 11.1 Å². The molecule has 3 aromatic heterocycles. The molecule has 0 spiro atoms. The molecule has 0 aliphatic rings. The molecule has 0 saturated heterocycles. The minimum atomic E-state index is -0.116. The van der Waals surface area contributed by atoms with Crippen molar-refractivity contribution < 1.29 is 0 Å². The minimum Gasteiger partial charge on any atom is -0.298 e. The highest BCUT2D eigenvalue weighted by molar-refractivity contribution is 5.80. The second-order valence-electron chi connectivity index (χ2n) is 8.70. The number of fused-ring (bicyclic) bond motifs is 1.